The minimum Gasteiger partial charge on any atom is -0.462 e. The van der Waals surface area contributed by atoms with Gasteiger partial charge in [-0.25, -0.2) is 0 Å². The fraction of sp³-hybridized carbons (Fsp3) is 0.914. The summed E-state index contributed by atoms with van der Waals surface area (Å²) in [5.41, 5.74) is 5.12. The van der Waals surface area contributed by atoms with Crippen molar-refractivity contribution in [1.29, 1.82) is 0 Å². The molecular weight excluding hydrogens is 578 g/mol. The van der Waals surface area contributed by atoms with Gasteiger partial charge in [0.05, 0.1) is 0 Å². The summed E-state index contributed by atoms with van der Waals surface area (Å²) < 4.78 is 12.5. The van der Waals surface area contributed by atoms with Gasteiger partial charge >= 0.3 is 11.9 Å². The average Bonchev–Trinajstić information content (AvgIpc) is 3.34. The van der Waals surface area contributed by atoms with Crippen molar-refractivity contribution in [3.63, 3.8) is 0 Å². The number of carbonyl (C=O) groups is 3. The van der Waals surface area contributed by atoms with E-state index in [1.165, 1.54) is 13.8 Å². The second kappa shape index (κ2) is 12.0. The Balaban J connectivity index is 1.29. The normalized spacial score (nSPS) is 48.1. The largest absolute Gasteiger partial charge is 0.462 e. The summed E-state index contributed by atoms with van der Waals surface area (Å²) in [6.45, 7) is 12.0. The molecule has 1 aliphatic heterocycles. The van der Waals surface area contributed by atoms with E-state index in [4.69, 9.17) is 34.8 Å². The van der Waals surface area contributed by atoms with Crippen LogP contribution in [0.4, 0.5) is 0 Å². The summed E-state index contributed by atoms with van der Waals surface area (Å²) in [5, 5.41) is 0. The average molecular weight is 634 g/mol. The van der Waals surface area contributed by atoms with Crippen LogP contribution < -0.4 is 5.73 Å². The van der Waals surface area contributed by atoms with Crippen LogP contribution in [0.1, 0.15) is 125 Å². The molecule has 1 heterocycles. The maximum Gasteiger partial charge on any atom is 0.302 e. The van der Waals surface area contributed by atoms with E-state index in [1.807, 2.05) is 0 Å². The predicted molar refractivity (Wildman–Crippen MR) is 162 cm³/mol. The molecule has 0 aromatic rings. The number of nitrogens with two attached hydrogens (primary N) is 1. The van der Waals surface area contributed by atoms with Crippen molar-refractivity contribution >= 4 is 17.8 Å². The van der Waals surface area contributed by atoms with E-state index in [1.54, 1.807) is 0 Å². The Morgan fingerprint density at radius 3 is 2.24 bits per heavy atom. The van der Waals surface area contributed by atoms with Gasteiger partial charge in [-0.15, -0.1) is 0 Å². The van der Waals surface area contributed by atoms with Gasteiger partial charge in [-0.2, -0.15) is 19.6 Å². The van der Waals surface area contributed by atoms with Crippen LogP contribution in [0.2, 0.25) is 0 Å². The Morgan fingerprint density at radius 2 is 1.60 bits per heavy atom. The highest BCUT2D eigenvalue weighted by Gasteiger charge is 2.69. The van der Waals surface area contributed by atoms with Gasteiger partial charge in [0.2, 0.25) is 17.5 Å². The molecule has 254 valence electrons. The minimum atomic E-state index is -1.01. The van der Waals surface area contributed by atoms with Crippen LogP contribution in [0.5, 0.6) is 0 Å². The number of esters is 2. The molecule has 2 N–H and O–H groups in total. The van der Waals surface area contributed by atoms with Gasteiger partial charge in [0.1, 0.15) is 12.2 Å². The van der Waals surface area contributed by atoms with Crippen LogP contribution >= 0.6 is 0 Å². The van der Waals surface area contributed by atoms with Crippen LogP contribution in [-0.4, -0.2) is 41.6 Å². The van der Waals surface area contributed by atoms with Crippen molar-refractivity contribution in [2.45, 2.75) is 149 Å². The Bertz CT molecular complexity index is 1150. The molecule has 1 saturated heterocycles. The van der Waals surface area contributed by atoms with Gasteiger partial charge in [0, 0.05) is 56.8 Å². The number of fused-ring (bicyclic) bond motifs is 5. The Hall–Kier alpha value is -1.75. The number of hydrogen-bond acceptors (Lipinski definition) is 9. The monoisotopic (exact) mass is 633 g/mol. The van der Waals surface area contributed by atoms with Gasteiger partial charge in [-0.3, -0.25) is 14.4 Å². The molecule has 5 saturated carbocycles. The maximum atomic E-state index is 12.6. The second-order valence-corrected chi connectivity index (χ2v) is 16.1. The zero-order chi connectivity index (χ0) is 32.4. The van der Waals surface area contributed by atoms with Gasteiger partial charge in [0.25, 0.3) is 0 Å². The van der Waals surface area contributed by atoms with E-state index >= 15 is 0 Å². The molecule has 10 heteroatoms. The lowest BCUT2D eigenvalue weighted by molar-refractivity contribution is -0.671. The lowest BCUT2D eigenvalue weighted by Gasteiger charge is -2.65. The molecule has 45 heavy (non-hydrogen) atoms. The van der Waals surface area contributed by atoms with Crippen LogP contribution in [0.3, 0.4) is 0 Å². The van der Waals surface area contributed by atoms with E-state index in [9.17, 15) is 14.4 Å². The van der Waals surface area contributed by atoms with Gasteiger partial charge in [-0.1, -0.05) is 34.1 Å². The standard InChI is InChI=1S/C35H55NO9/c1-20(10-13-30(36)39)25-11-12-26-31-27(18-29(33(25,26)6)41-23(4)38)32(5)15-16-34(19-24(32)17-28(31)40-22(3)37)42-44-35(45-43-34)14-8-7-9-21(35)2/h20-21,24-29,31H,7-19H2,1-6H3,(H2,36,39)/t20-,21?,24-,25-,26?,27?,28?,29+,31?,32+,33-,34?,35?/m1/s1. The number of hydrogen-bond donors (Lipinski definition) is 1. The smallest absolute Gasteiger partial charge is 0.302 e. The van der Waals surface area contributed by atoms with Crippen molar-refractivity contribution in [1.82, 2.24) is 0 Å². The van der Waals surface area contributed by atoms with E-state index < -0.39 is 11.6 Å². The van der Waals surface area contributed by atoms with Gasteiger partial charge in [0.15, 0.2) is 0 Å². The highest BCUT2D eigenvalue weighted by molar-refractivity contribution is 5.73. The summed E-state index contributed by atoms with van der Waals surface area (Å²) in [5.74, 6) is -1.37. The molecule has 2 spiro atoms. The van der Waals surface area contributed by atoms with Crippen LogP contribution in [0.15, 0.2) is 0 Å². The van der Waals surface area contributed by atoms with Crippen molar-refractivity contribution in [3.8, 4) is 0 Å². The van der Waals surface area contributed by atoms with Crippen molar-refractivity contribution in [2.24, 2.45) is 58.0 Å². The first kappa shape index (κ1) is 33.2. The Morgan fingerprint density at radius 1 is 0.889 bits per heavy atom. The molecule has 6 fully saturated rings. The number of amides is 1. The summed E-state index contributed by atoms with van der Waals surface area (Å²) in [6.07, 6.45) is 9.81. The third kappa shape index (κ3) is 5.63. The maximum absolute atomic E-state index is 12.6. The highest BCUT2D eigenvalue weighted by atomic mass is 17.4. The summed E-state index contributed by atoms with van der Waals surface area (Å²) >= 11 is 0. The Labute approximate surface area is 267 Å². The van der Waals surface area contributed by atoms with E-state index in [0.717, 1.165) is 44.9 Å². The molecule has 11 atom stereocenters. The zero-order valence-electron chi connectivity index (χ0n) is 28.1. The van der Waals surface area contributed by atoms with Crippen LogP contribution in [0.25, 0.3) is 0 Å². The summed E-state index contributed by atoms with van der Waals surface area (Å²) in [6, 6.07) is 0. The topological polar surface area (TPSA) is 133 Å². The summed E-state index contributed by atoms with van der Waals surface area (Å²) in [7, 11) is 0. The summed E-state index contributed by atoms with van der Waals surface area (Å²) in [4.78, 5) is 61.5. The van der Waals surface area contributed by atoms with Crippen molar-refractivity contribution in [2.75, 3.05) is 0 Å². The number of carbonyl (C=O) groups excluding carboxylic acids is 3. The molecule has 0 radical (unpaired) electrons. The molecule has 1 amide bonds. The fourth-order valence-electron chi connectivity index (χ4n) is 11.3. The van der Waals surface area contributed by atoms with Crippen LogP contribution in [0, 0.1) is 52.3 Å². The van der Waals surface area contributed by atoms with Crippen molar-refractivity contribution in [3.05, 3.63) is 0 Å². The SMILES string of the molecule is CC(=O)OC1C[C@@H]2CC3(CC[C@]2(C)C2C[C@H](OC(C)=O)[C@@]4(C)C(CC[C@@H]4[C@H](C)CCC(N)=O)C12)OOC1(CCCCC1C)OO3. The van der Waals surface area contributed by atoms with Crippen LogP contribution in [-0.2, 0) is 43.4 Å². The first-order valence-corrected chi connectivity index (χ1v) is 17.6. The zero-order valence-corrected chi connectivity index (χ0v) is 28.1. The lowest BCUT2D eigenvalue weighted by atomic mass is 9.42. The first-order valence-electron chi connectivity index (χ1n) is 17.6. The number of primary amides is 1. The molecule has 6 aliphatic rings. The predicted octanol–water partition coefficient (Wildman–Crippen LogP) is 6.14. The molecule has 10 nitrogen and oxygen atoms in total. The molecule has 0 bridgehead atoms. The molecule has 6 rings (SSSR count). The Kier molecular flexibility index (Phi) is 8.88. The van der Waals surface area contributed by atoms with Crippen molar-refractivity contribution < 1.29 is 43.4 Å². The fourth-order valence-corrected chi connectivity index (χ4v) is 11.3. The lowest BCUT2D eigenvalue weighted by Crippen LogP contribution is -2.65. The molecule has 0 aromatic heterocycles. The minimum absolute atomic E-state index is 0.109. The second-order valence-electron chi connectivity index (χ2n) is 16.1. The molecule has 5 unspecified atom stereocenters. The number of rotatable bonds is 6. The third-order valence-corrected chi connectivity index (χ3v) is 13.8. The molecule has 5 aliphatic carbocycles. The third-order valence-electron chi connectivity index (χ3n) is 13.8. The highest BCUT2D eigenvalue weighted by Crippen LogP contribution is 2.70. The quantitative estimate of drug-likeness (QED) is 0.270. The number of ether oxygens (including phenoxy) is 2. The molecular formula is C35H55NO9. The van der Waals surface area contributed by atoms with E-state index in [0.29, 0.717) is 38.5 Å². The van der Waals surface area contributed by atoms with E-state index in [2.05, 4.69) is 27.7 Å². The molecule has 0 aromatic carbocycles. The first-order chi connectivity index (χ1) is 21.2. The van der Waals surface area contributed by atoms with Gasteiger partial charge < -0.3 is 15.2 Å². The van der Waals surface area contributed by atoms with Gasteiger partial charge in [-0.05, 0) is 86.4 Å². The van der Waals surface area contributed by atoms with E-state index in [-0.39, 0.29) is 82.3 Å².